The third-order valence-corrected chi connectivity index (χ3v) is 3.75. The van der Waals surface area contributed by atoms with Gasteiger partial charge < -0.3 is 16.8 Å². The number of halogens is 1. The second kappa shape index (κ2) is 5.53. The van der Waals surface area contributed by atoms with Crippen molar-refractivity contribution in [3.63, 3.8) is 0 Å². The van der Waals surface area contributed by atoms with Crippen LogP contribution in [-0.4, -0.2) is 16.4 Å². The zero-order chi connectivity index (χ0) is 16.6. The van der Waals surface area contributed by atoms with Crippen molar-refractivity contribution in [3.8, 4) is 11.1 Å². The number of nitrogen functional groups attached to an aromatic ring is 2. The van der Waals surface area contributed by atoms with Gasteiger partial charge >= 0.3 is 0 Å². The monoisotopic (exact) mass is 311 g/mol. The predicted molar refractivity (Wildman–Crippen MR) is 88.2 cm³/mol. The number of fused-ring (bicyclic) bond motifs is 1. The van der Waals surface area contributed by atoms with Gasteiger partial charge in [-0.1, -0.05) is 0 Å². The van der Waals surface area contributed by atoms with E-state index in [2.05, 4.69) is 15.3 Å². The second-order valence-electron chi connectivity index (χ2n) is 5.11. The molecule has 23 heavy (non-hydrogen) atoms. The summed E-state index contributed by atoms with van der Waals surface area (Å²) in [6, 6.07) is 3.26. The average Bonchev–Trinajstić information content (AvgIpc) is 2.54. The van der Waals surface area contributed by atoms with Crippen LogP contribution in [0.15, 0.2) is 30.7 Å². The number of carbonyl (C=O) groups is 1. The molecule has 0 aliphatic rings. The van der Waals surface area contributed by atoms with E-state index in [-0.39, 0.29) is 5.69 Å². The van der Waals surface area contributed by atoms with Crippen molar-refractivity contribution in [3.05, 3.63) is 42.1 Å². The van der Waals surface area contributed by atoms with Gasteiger partial charge in [0.1, 0.15) is 5.82 Å². The number of aromatic nitrogens is 2. The first-order valence-electron chi connectivity index (χ1n) is 6.81. The van der Waals surface area contributed by atoms with Gasteiger partial charge in [0.2, 0.25) is 6.41 Å². The number of nitrogens with one attached hydrogen (secondary N) is 1. The third kappa shape index (κ3) is 2.42. The van der Waals surface area contributed by atoms with E-state index in [4.69, 9.17) is 11.5 Å². The second-order valence-corrected chi connectivity index (χ2v) is 5.11. The lowest BCUT2D eigenvalue weighted by atomic mass is 9.97. The molecule has 0 spiro atoms. The standard InChI is InChI=1S/C16H14FN5O/c1-8-11(4-20-6-13(8)18)10-2-9-3-14(22-7-23)21-5-12(9)16(19)15(10)17/h2-7H,18-19H2,1H3,(H,21,22,23). The molecule has 0 aliphatic carbocycles. The number of benzene rings is 1. The van der Waals surface area contributed by atoms with E-state index in [9.17, 15) is 9.18 Å². The van der Waals surface area contributed by atoms with E-state index in [1.807, 2.05) is 0 Å². The van der Waals surface area contributed by atoms with Crippen LogP contribution in [0, 0.1) is 12.7 Å². The maximum absolute atomic E-state index is 14.7. The number of hydrogen-bond donors (Lipinski definition) is 3. The van der Waals surface area contributed by atoms with Crippen molar-refractivity contribution >= 4 is 34.4 Å². The molecule has 0 saturated carbocycles. The van der Waals surface area contributed by atoms with Crippen LogP contribution < -0.4 is 16.8 Å². The highest BCUT2D eigenvalue weighted by molar-refractivity contribution is 5.98. The Balaban J connectivity index is 2.30. The summed E-state index contributed by atoms with van der Waals surface area (Å²) >= 11 is 0. The van der Waals surface area contributed by atoms with Gasteiger partial charge in [0.15, 0.2) is 5.82 Å². The van der Waals surface area contributed by atoms with E-state index >= 15 is 0 Å². The van der Waals surface area contributed by atoms with Crippen LogP contribution in [0.1, 0.15) is 5.56 Å². The summed E-state index contributed by atoms with van der Waals surface area (Å²) in [6.45, 7) is 1.79. The maximum Gasteiger partial charge on any atom is 0.212 e. The Morgan fingerprint density at radius 1 is 1.17 bits per heavy atom. The summed E-state index contributed by atoms with van der Waals surface area (Å²) in [6.07, 6.45) is 5.00. The topological polar surface area (TPSA) is 107 Å². The molecule has 116 valence electrons. The SMILES string of the molecule is Cc1c(N)cncc1-c1cc2cc(NC=O)ncc2c(N)c1F. The quantitative estimate of drug-likeness (QED) is 0.509. The van der Waals surface area contributed by atoms with Gasteiger partial charge in [0.05, 0.1) is 17.6 Å². The number of nitrogens with two attached hydrogens (primary N) is 2. The average molecular weight is 311 g/mol. The van der Waals surface area contributed by atoms with Gasteiger partial charge in [-0.2, -0.15) is 0 Å². The highest BCUT2D eigenvalue weighted by atomic mass is 19.1. The van der Waals surface area contributed by atoms with E-state index in [1.54, 1.807) is 25.3 Å². The minimum Gasteiger partial charge on any atom is -0.397 e. The van der Waals surface area contributed by atoms with Crippen molar-refractivity contribution in [2.45, 2.75) is 6.92 Å². The van der Waals surface area contributed by atoms with Crippen molar-refractivity contribution < 1.29 is 9.18 Å². The Morgan fingerprint density at radius 2 is 1.96 bits per heavy atom. The minimum absolute atomic E-state index is 0.00974. The van der Waals surface area contributed by atoms with Crippen molar-refractivity contribution in [1.29, 1.82) is 0 Å². The summed E-state index contributed by atoms with van der Waals surface area (Å²) in [5.41, 5.74) is 13.8. The molecule has 2 aromatic heterocycles. The number of nitrogens with zero attached hydrogens (tertiary/aromatic N) is 2. The van der Waals surface area contributed by atoms with Crippen LogP contribution in [0.25, 0.3) is 21.9 Å². The highest BCUT2D eigenvalue weighted by Gasteiger charge is 2.16. The van der Waals surface area contributed by atoms with E-state index in [1.165, 1.54) is 12.4 Å². The first kappa shape index (κ1) is 14.7. The summed E-state index contributed by atoms with van der Waals surface area (Å²) in [5.74, 6) is -0.197. The molecule has 0 bridgehead atoms. The molecule has 3 aromatic rings. The molecule has 0 radical (unpaired) electrons. The molecule has 7 heteroatoms. The molecule has 0 atom stereocenters. The number of anilines is 3. The van der Waals surface area contributed by atoms with Crippen molar-refractivity contribution in [2.75, 3.05) is 16.8 Å². The van der Waals surface area contributed by atoms with E-state index in [0.29, 0.717) is 39.8 Å². The Kier molecular flexibility index (Phi) is 3.53. The van der Waals surface area contributed by atoms with Crippen molar-refractivity contribution in [1.82, 2.24) is 9.97 Å². The van der Waals surface area contributed by atoms with Gasteiger partial charge in [-0.25, -0.2) is 9.37 Å². The molecule has 2 heterocycles. The Labute approximate surface area is 131 Å². The lowest BCUT2D eigenvalue weighted by molar-refractivity contribution is -0.105. The van der Waals surface area contributed by atoms with Crippen LogP contribution in [0.3, 0.4) is 0 Å². The van der Waals surface area contributed by atoms with Crippen LogP contribution in [0.4, 0.5) is 21.6 Å². The number of rotatable bonds is 3. The number of amides is 1. The Morgan fingerprint density at radius 3 is 2.70 bits per heavy atom. The summed E-state index contributed by atoms with van der Waals surface area (Å²) < 4.78 is 14.7. The number of carbonyl (C=O) groups excluding carboxylic acids is 1. The maximum atomic E-state index is 14.7. The lowest BCUT2D eigenvalue weighted by Gasteiger charge is -2.13. The largest absolute Gasteiger partial charge is 0.397 e. The van der Waals surface area contributed by atoms with E-state index in [0.717, 1.165) is 5.56 Å². The van der Waals surface area contributed by atoms with Crippen molar-refractivity contribution in [2.24, 2.45) is 0 Å². The highest BCUT2D eigenvalue weighted by Crippen LogP contribution is 2.35. The van der Waals surface area contributed by atoms with Crippen LogP contribution in [0.5, 0.6) is 0 Å². The lowest BCUT2D eigenvalue weighted by Crippen LogP contribution is -2.01. The molecule has 6 nitrogen and oxygen atoms in total. The molecule has 5 N–H and O–H groups in total. The molecular weight excluding hydrogens is 297 g/mol. The number of pyridine rings is 2. The summed E-state index contributed by atoms with van der Waals surface area (Å²) in [4.78, 5) is 18.6. The van der Waals surface area contributed by atoms with Gasteiger partial charge in [-0.15, -0.1) is 0 Å². The summed E-state index contributed by atoms with van der Waals surface area (Å²) in [7, 11) is 0. The third-order valence-electron chi connectivity index (χ3n) is 3.75. The Bertz CT molecular complexity index is 926. The smallest absolute Gasteiger partial charge is 0.212 e. The molecule has 3 rings (SSSR count). The molecule has 0 unspecified atom stereocenters. The Hall–Kier alpha value is -3.22. The molecule has 0 aliphatic heterocycles. The van der Waals surface area contributed by atoms with Gasteiger partial charge in [0, 0.05) is 28.9 Å². The zero-order valence-electron chi connectivity index (χ0n) is 12.3. The van der Waals surface area contributed by atoms with Gasteiger partial charge in [0.25, 0.3) is 0 Å². The molecule has 0 fully saturated rings. The van der Waals surface area contributed by atoms with Gasteiger partial charge in [-0.3, -0.25) is 9.78 Å². The predicted octanol–water partition coefficient (Wildman–Crippen LogP) is 2.48. The minimum atomic E-state index is -0.550. The molecule has 1 amide bonds. The van der Waals surface area contributed by atoms with Gasteiger partial charge in [-0.05, 0) is 30.0 Å². The number of hydrogen-bond acceptors (Lipinski definition) is 5. The summed E-state index contributed by atoms with van der Waals surface area (Å²) in [5, 5.41) is 3.58. The first-order valence-corrected chi connectivity index (χ1v) is 6.81. The fourth-order valence-electron chi connectivity index (χ4n) is 2.45. The molecule has 0 saturated heterocycles. The van der Waals surface area contributed by atoms with E-state index < -0.39 is 5.82 Å². The zero-order valence-corrected chi connectivity index (χ0v) is 12.3. The fraction of sp³-hybridized carbons (Fsp3) is 0.0625. The fourth-order valence-corrected chi connectivity index (χ4v) is 2.45. The van der Waals surface area contributed by atoms with Crippen LogP contribution in [-0.2, 0) is 4.79 Å². The normalized spacial score (nSPS) is 10.7. The van der Waals surface area contributed by atoms with Crippen LogP contribution >= 0.6 is 0 Å². The first-order chi connectivity index (χ1) is 11.0. The molecule has 1 aromatic carbocycles. The molecular formula is C16H14FN5O. The van der Waals surface area contributed by atoms with Crippen LogP contribution in [0.2, 0.25) is 0 Å².